The lowest BCUT2D eigenvalue weighted by atomic mass is 10.1. The summed E-state index contributed by atoms with van der Waals surface area (Å²) in [7, 11) is 0. The van der Waals surface area contributed by atoms with Gasteiger partial charge in [-0.05, 0) is 26.7 Å². The molecule has 0 spiro atoms. The highest BCUT2D eigenvalue weighted by molar-refractivity contribution is 7.99. The molecule has 1 fully saturated rings. The first-order chi connectivity index (χ1) is 7.99. The van der Waals surface area contributed by atoms with Gasteiger partial charge in [0.1, 0.15) is 11.4 Å². The molecule has 1 unspecified atom stereocenters. The van der Waals surface area contributed by atoms with Crippen molar-refractivity contribution in [1.29, 1.82) is 0 Å². The summed E-state index contributed by atoms with van der Waals surface area (Å²) in [6.45, 7) is 3.52. The molecule has 7 heteroatoms. The second-order valence-electron chi connectivity index (χ2n) is 4.55. The monoisotopic (exact) mass is 256 g/mol. The van der Waals surface area contributed by atoms with Crippen LogP contribution >= 0.6 is 11.8 Å². The maximum atomic E-state index is 11.3. The third-order valence-electron chi connectivity index (χ3n) is 2.64. The molecule has 0 radical (unpaired) electrons. The number of carbonyl (C=O) groups is 1. The zero-order valence-corrected chi connectivity index (χ0v) is 10.7. The number of carboxylic acid groups (broad SMARTS) is 1. The largest absolute Gasteiger partial charge is 0.480 e. The van der Waals surface area contributed by atoms with E-state index in [-0.39, 0.29) is 0 Å². The Labute approximate surface area is 104 Å². The summed E-state index contributed by atoms with van der Waals surface area (Å²) < 4.78 is 0. The molecule has 0 saturated heterocycles. The average molecular weight is 256 g/mol. The summed E-state index contributed by atoms with van der Waals surface area (Å²) in [6, 6.07) is 0.352. The summed E-state index contributed by atoms with van der Waals surface area (Å²) in [6.07, 6.45) is 2.13. The molecule has 1 aliphatic carbocycles. The molecule has 2 rings (SSSR count). The smallest absolute Gasteiger partial charge is 0.324 e. The summed E-state index contributed by atoms with van der Waals surface area (Å²) in [4.78, 5) is 15.4. The Morgan fingerprint density at radius 2 is 2.41 bits per heavy atom. The molecule has 0 bridgehead atoms. The number of hydrogen-bond donors (Lipinski definition) is 3. The van der Waals surface area contributed by atoms with Gasteiger partial charge in [0.15, 0.2) is 0 Å². The summed E-state index contributed by atoms with van der Waals surface area (Å²) in [5.41, 5.74) is -0.916. The van der Waals surface area contributed by atoms with Crippen LogP contribution in [0.4, 0.5) is 0 Å². The average Bonchev–Trinajstić information content (AvgIpc) is 2.96. The molecule has 94 valence electrons. The molecule has 1 aromatic heterocycles. The molecule has 0 aliphatic heterocycles. The summed E-state index contributed by atoms with van der Waals surface area (Å²) in [5, 5.41) is 19.7. The van der Waals surface area contributed by atoms with Crippen molar-refractivity contribution in [2.45, 2.75) is 43.4 Å². The molecule has 1 heterocycles. The number of aromatic amines is 1. The standard InChI is InChI=1S/C10H16N4O2S/c1-6-11-9(14-13-6)17-5-10(2,8(15)16)12-7-3-4-7/h7,12H,3-5H2,1-2H3,(H,15,16)(H,11,13,14). The number of rotatable bonds is 6. The predicted molar refractivity (Wildman–Crippen MR) is 64.0 cm³/mol. The zero-order valence-electron chi connectivity index (χ0n) is 9.86. The van der Waals surface area contributed by atoms with E-state index in [0.717, 1.165) is 18.7 Å². The number of aliphatic carboxylic acids is 1. The van der Waals surface area contributed by atoms with Crippen molar-refractivity contribution in [2.24, 2.45) is 0 Å². The summed E-state index contributed by atoms with van der Waals surface area (Å²) in [5.74, 6) is 0.319. The molecule has 3 N–H and O–H groups in total. The van der Waals surface area contributed by atoms with Gasteiger partial charge in [-0.15, -0.1) is 5.10 Å². The SMILES string of the molecule is Cc1nc(SCC(C)(NC2CC2)C(=O)O)n[nH]1. The van der Waals surface area contributed by atoms with Crippen molar-refractivity contribution < 1.29 is 9.90 Å². The Balaban J connectivity index is 1.95. The van der Waals surface area contributed by atoms with Crippen molar-refractivity contribution >= 4 is 17.7 Å². The Morgan fingerprint density at radius 1 is 1.71 bits per heavy atom. The van der Waals surface area contributed by atoms with Crippen LogP contribution in [0, 0.1) is 6.92 Å². The second-order valence-corrected chi connectivity index (χ2v) is 5.49. The number of nitrogens with zero attached hydrogens (tertiary/aromatic N) is 2. The fraction of sp³-hybridized carbons (Fsp3) is 0.700. The van der Waals surface area contributed by atoms with Crippen LogP contribution in [0.2, 0.25) is 0 Å². The van der Waals surface area contributed by atoms with Crippen LogP contribution in [0.1, 0.15) is 25.6 Å². The van der Waals surface area contributed by atoms with Gasteiger partial charge in [-0.25, -0.2) is 4.98 Å². The first kappa shape index (κ1) is 12.4. The molecule has 1 aliphatic rings. The molecule has 0 amide bonds. The Kier molecular flexibility index (Phi) is 3.39. The predicted octanol–water partition coefficient (Wildman–Crippen LogP) is 0.801. The van der Waals surface area contributed by atoms with Crippen LogP contribution in [-0.2, 0) is 4.79 Å². The minimum Gasteiger partial charge on any atom is -0.480 e. The molecular formula is C10H16N4O2S. The van der Waals surface area contributed by atoms with E-state index >= 15 is 0 Å². The third kappa shape index (κ3) is 3.19. The normalized spacial score (nSPS) is 18.9. The van der Waals surface area contributed by atoms with E-state index in [4.69, 9.17) is 0 Å². The van der Waals surface area contributed by atoms with Gasteiger partial charge in [0.25, 0.3) is 0 Å². The van der Waals surface area contributed by atoms with Crippen molar-refractivity contribution in [3.8, 4) is 0 Å². The molecule has 1 atom stereocenters. The molecular weight excluding hydrogens is 240 g/mol. The van der Waals surface area contributed by atoms with E-state index < -0.39 is 11.5 Å². The van der Waals surface area contributed by atoms with Crippen LogP contribution in [-0.4, -0.2) is 43.6 Å². The van der Waals surface area contributed by atoms with Crippen molar-refractivity contribution in [2.75, 3.05) is 5.75 Å². The van der Waals surface area contributed by atoms with Gasteiger partial charge in [-0.2, -0.15) is 0 Å². The third-order valence-corrected chi connectivity index (χ3v) is 3.80. The maximum Gasteiger partial charge on any atom is 0.324 e. The van der Waals surface area contributed by atoms with Crippen LogP contribution in [0.15, 0.2) is 5.16 Å². The minimum atomic E-state index is -0.916. The van der Waals surface area contributed by atoms with Gasteiger partial charge in [-0.1, -0.05) is 11.8 Å². The number of aromatic nitrogens is 3. The number of carboxylic acids is 1. The van der Waals surface area contributed by atoms with E-state index in [1.165, 1.54) is 11.8 Å². The minimum absolute atomic E-state index is 0.352. The lowest BCUT2D eigenvalue weighted by Gasteiger charge is -2.25. The van der Waals surface area contributed by atoms with Crippen molar-refractivity contribution in [3.63, 3.8) is 0 Å². The Morgan fingerprint density at radius 3 is 2.88 bits per heavy atom. The van der Waals surface area contributed by atoms with Crippen LogP contribution < -0.4 is 5.32 Å². The number of hydrogen-bond acceptors (Lipinski definition) is 5. The van der Waals surface area contributed by atoms with Gasteiger partial charge < -0.3 is 5.11 Å². The maximum absolute atomic E-state index is 11.3. The second kappa shape index (κ2) is 4.66. The van der Waals surface area contributed by atoms with Gasteiger partial charge in [-0.3, -0.25) is 15.2 Å². The molecule has 1 aromatic rings. The van der Waals surface area contributed by atoms with Crippen molar-refractivity contribution in [3.05, 3.63) is 5.82 Å². The van der Waals surface area contributed by atoms with Gasteiger partial charge in [0.2, 0.25) is 5.16 Å². The fourth-order valence-corrected chi connectivity index (χ4v) is 2.38. The number of nitrogens with one attached hydrogen (secondary N) is 2. The first-order valence-electron chi connectivity index (χ1n) is 5.52. The highest BCUT2D eigenvalue weighted by Crippen LogP contribution is 2.26. The van der Waals surface area contributed by atoms with E-state index in [1.807, 2.05) is 6.92 Å². The number of aryl methyl sites for hydroxylation is 1. The van der Waals surface area contributed by atoms with Gasteiger partial charge in [0, 0.05) is 11.8 Å². The Bertz CT molecular complexity index is 418. The van der Waals surface area contributed by atoms with Crippen molar-refractivity contribution in [1.82, 2.24) is 20.5 Å². The lowest BCUT2D eigenvalue weighted by Crippen LogP contribution is -2.52. The van der Waals surface area contributed by atoms with E-state index in [2.05, 4.69) is 20.5 Å². The van der Waals surface area contributed by atoms with Gasteiger partial charge in [0.05, 0.1) is 0 Å². The highest BCUT2D eigenvalue weighted by atomic mass is 32.2. The number of thioether (sulfide) groups is 1. The molecule has 0 aromatic carbocycles. The lowest BCUT2D eigenvalue weighted by molar-refractivity contribution is -0.143. The molecule has 1 saturated carbocycles. The molecule has 6 nitrogen and oxygen atoms in total. The van der Waals surface area contributed by atoms with Crippen LogP contribution in [0.3, 0.4) is 0 Å². The van der Waals surface area contributed by atoms with Crippen LogP contribution in [0.5, 0.6) is 0 Å². The topological polar surface area (TPSA) is 90.9 Å². The zero-order chi connectivity index (χ0) is 12.5. The molecule has 17 heavy (non-hydrogen) atoms. The van der Waals surface area contributed by atoms with E-state index in [0.29, 0.717) is 17.0 Å². The van der Waals surface area contributed by atoms with E-state index in [1.54, 1.807) is 6.92 Å². The first-order valence-corrected chi connectivity index (χ1v) is 6.51. The van der Waals surface area contributed by atoms with Crippen LogP contribution in [0.25, 0.3) is 0 Å². The highest BCUT2D eigenvalue weighted by Gasteiger charge is 2.38. The summed E-state index contributed by atoms with van der Waals surface area (Å²) >= 11 is 1.35. The Hall–Kier alpha value is -1.08. The fourth-order valence-electron chi connectivity index (χ4n) is 1.44. The quantitative estimate of drug-likeness (QED) is 0.652. The van der Waals surface area contributed by atoms with Gasteiger partial charge >= 0.3 is 5.97 Å². The van der Waals surface area contributed by atoms with E-state index in [9.17, 15) is 9.90 Å². The number of H-pyrrole nitrogens is 1.